The van der Waals surface area contributed by atoms with Crippen molar-refractivity contribution >= 4 is 0 Å². The van der Waals surface area contributed by atoms with Crippen LogP contribution in [-0.4, -0.2) is 62.2 Å². The third-order valence-electron chi connectivity index (χ3n) is 2.91. The summed E-state index contributed by atoms with van der Waals surface area (Å²) in [5.41, 5.74) is 0. The first-order valence-corrected chi connectivity index (χ1v) is 7.37. The molecule has 1 atom stereocenters. The maximum absolute atomic E-state index is 9.15. The van der Waals surface area contributed by atoms with E-state index in [-0.39, 0.29) is 6.04 Å². The minimum atomic E-state index is -0.0333. The van der Waals surface area contributed by atoms with Gasteiger partial charge in [0.25, 0.3) is 0 Å². The van der Waals surface area contributed by atoms with E-state index < -0.39 is 0 Å². The number of nitrogens with zero attached hydrogens (tertiary/aromatic N) is 3. The molecular formula is C15H32N4. The average molecular weight is 268 g/mol. The molecule has 1 unspecified atom stereocenters. The van der Waals surface area contributed by atoms with Crippen molar-refractivity contribution in [1.29, 1.82) is 5.26 Å². The van der Waals surface area contributed by atoms with Crippen LogP contribution >= 0.6 is 0 Å². The molecule has 0 aliphatic carbocycles. The van der Waals surface area contributed by atoms with Gasteiger partial charge < -0.3 is 9.80 Å². The Morgan fingerprint density at radius 1 is 1.05 bits per heavy atom. The normalized spacial score (nSPS) is 13.5. The zero-order valence-electron chi connectivity index (χ0n) is 13.6. The number of nitriles is 1. The van der Waals surface area contributed by atoms with Gasteiger partial charge in [-0.2, -0.15) is 5.26 Å². The fourth-order valence-electron chi connectivity index (χ4n) is 2.05. The fourth-order valence-corrected chi connectivity index (χ4v) is 2.05. The molecule has 1 N–H and O–H groups in total. The minimum absolute atomic E-state index is 0.0333. The Balaban J connectivity index is 4.18. The van der Waals surface area contributed by atoms with Gasteiger partial charge in [-0.15, -0.1) is 0 Å². The Labute approximate surface area is 119 Å². The molecule has 0 saturated heterocycles. The first kappa shape index (κ1) is 18.4. The van der Waals surface area contributed by atoms with Crippen LogP contribution in [0.15, 0.2) is 0 Å². The molecule has 0 aromatic carbocycles. The Kier molecular flexibility index (Phi) is 9.85. The van der Waals surface area contributed by atoms with Gasteiger partial charge in [-0.3, -0.25) is 5.32 Å². The number of likely N-dealkylation sites (N-methyl/N-ethyl adjacent to an activating group) is 1. The van der Waals surface area contributed by atoms with E-state index in [2.05, 4.69) is 63.0 Å². The van der Waals surface area contributed by atoms with Crippen LogP contribution < -0.4 is 5.32 Å². The van der Waals surface area contributed by atoms with Crippen molar-refractivity contribution in [2.75, 3.05) is 40.3 Å². The lowest BCUT2D eigenvalue weighted by molar-refractivity contribution is 0.212. The average Bonchev–Trinajstić information content (AvgIpc) is 2.29. The summed E-state index contributed by atoms with van der Waals surface area (Å²) in [6.45, 7) is 12.9. The molecule has 0 spiro atoms. The van der Waals surface area contributed by atoms with Crippen LogP contribution in [0.2, 0.25) is 0 Å². The van der Waals surface area contributed by atoms with Crippen LogP contribution in [0.4, 0.5) is 0 Å². The summed E-state index contributed by atoms with van der Waals surface area (Å²) >= 11 is 0. The van der Waals surface area contributed by atoms with E-state index >= 15 is 0 Å². The standard InChI is InChI=1S/C15H32N4/c1-13(2)12-19(10-9-18(5)6)8-7-15(11-16)17-14(3)4/h13-15,17H,7-10,12H2,1-6H3. The van der Waals surface area contributed by atoms with Gasteiger partial charge in [-0.25, -0.2) is 0 Å². The topological polar surface area (TPSA) is 42.3 Å². The van der Waals surface area contributed by atoms with Crippen molar-refractivity contribution < 1.29 is 0 Å². The van der Waals surface area contributed by atoms with Crippen molar-refractivity contribution in [3.05, 3.63) is 0 Å². The van der Waals surface area contributed by atoms with Crippen molar-refractivity contribution in [3.63, 3.8) is 0 Å². The third kappa shape index (κ3) is 10.9. The van der Waals surface area contributed by atoms with E-state index in [1.54, 1.807) is 0 Å². The molecule has 0 bridgehead atoms. The van der Waals surface area contributed by atoms with Gasteiger partial charge >= 0.3 is 0 Å². The second-order valence-corrected chi connectivity index (χ2v) is 6.29. The van der Waals surface area contributed by atoms with E-state index in [0.717, 1.165) is 32.6 Å². The first-order chi connectivity index (χ1) is 8.85. The highest BCUT2D eigenvalue weighted by Gasteiger charge is 2.13. The Morgan fingerprint density at radius 3 is 2.11 bits per heavy atom. The molecule has 0 radical (unpaired) electrons. The molecule has 0 aromatic rings. The predicted octanol–water partition coefficient (Wildman–Crippen LogP) is 1.79. The lowest BCUT2D eigenvalue weighted by atomic mass is 10.1. The molecule has 0 heterocycles. The number of rotatable bonds is 10. The molecular weight excluding hydrogens is 236 g/mol. The maximum atomic E-state index is 9.15. The number of hydrogen-bond donors (Lipinski definition) is 1. The zero-order chi connectivity index (χ0) is 14.8. The van der Waals surface area contributed by atoms with Gasteiger partial charge in [-0.1, -0.05) is 13.8 Å². The molecule has 4 nitrogen and oxygen atoms in total. The molecule has 0 saturated carbocycles. The monoisotopic (exact) mass is 268 g/mol. The Bertz CT molecular complexity index is 255. The predicted molar refractivity (Wildman–Crippen MR) is 82.1 cm³/mol. The van der Waals surface area contributed by atoms with E-state index in [4.69, 9.17) is 5.26 Å². The van der Waals surface area contributed by atoms with E-state index in [9.17, 15) is 0 Å². The van der Waals surface area contributed by atoms with Gasteiger partial charge in [0.15, 0.2) is 0 Å². The smallest absolute Gasteiger partial charge is 0.0967 e. The largest absolute Gasteiger partial charge is 0.308 e. The number of nitrogens with one attached hydrogen (secondary N) is 1. The summed E-state index contributed by atoms with van der Waals surface area (Å²) in [7, 11) is 4.21. The summed E-state index contributed by atoms with van der Waals surface area (Å²) in [6.07, 6.45) is 0.898. The maximum Gasteiger partial charge on any atom is 0.0967 e. The van der Waals surface area contributed by atoms with Crippen molar-refractivity contribution in [3.8, 4) is 6.07 Å². The summed E-state index contributed by atoms with van der Waals surface area (Å²) in [4.78, 5) is 4.68. The molecule has 19 heavy (non-hydrogen) atoms. The Hall–Kier alpha value is -0.630. The van der Waals surface area contributed by atoms with Crippen molar-refractivity contribution in [2.24, 2.45) is 5.92 Å². The van der Waals surface area contributed by atoms with Crippen LogP contribution in [0.25, 0.3) is 0 Å². The van der Waals surface area contributed by atoms with Crippen LogP contribution in [-0.2, 0) is 0 Å². The molecule has 0 aliphatic heterocycles. The molecule has 112 valence electrons. The summed E-state index contributed by atoms with van der Waals surface area (Å²) in [6, 6.07) is 2.69. The Morgan fingerprint density at radius 2 is 1.68 bits per heavy atom. The summed E-state index contributed by atoms with van der Waals surface area (Å²) in [5, 5.41) is 12.5. The van der Waals surface area contributed by atoms with E-state index in [0.29, 0.717) is 12.0 Å². The van der Waals surface area contributed by atoms with Gasteiger partial charge in [0.05, 0.1) is 12.1 Å². The molecule has 0 rings (SSSR count). The molecule has 0 fully saturated rings. The van der Waals surface area contributed by atoms with E-state index in [1.807, 2.05) is 0 Å². The number of hydrogen-bond acceptors (Lipinski definition) is 4. The van der Waals surface area contributed by atoms with Crippen LogP contribution in [0, 0.1) is 17.2 Å². The highest BCUT2D eigenvalue weighted by atomic mass is 15.2. The van der Waals surface area contributed by atoms with E-state index in [1.165, 1.54) is 0 Å². The summed E-state index contributed by atoms with van der Waals surface area (Å²) < 4.78 is 0. The second-order valence-electron chi connectivity index (χ2n) is 6.29. The first-order valence-electron chi connectivity index (χ1n) is 7.37. The van der Waals surface area contributed by atoms with Crippen LogP contribution in [0.5, 0.6) is 0 Å². The van der Waals surface area contributed by atoms with Crippen molar-refractivity contribution in [2.45, 2.75) is 46.2 Å². The molecule has 0 amide bonds. The van der Waals surface area contributed by atoms with Crippen LogP contribution in [0.3, 0.4) is 0 Å². The fraction of sp³-hybridized carbons (Fsp3) is 0.933. The van der Waals surface area contributed by atoms with Gasteiger partial charge in [-0.05, 0) is 40.3 Å². The second kappa shape index (κ2) is 10.2. The highest BCUT2D eigenvalue weighted by molar-refractivity contribution is 4.91. The molecule has 4 heteroatoms. The van der Waals surface area contributed by atoms with Crippen LogP contribution in [0.1, 0.15) is 34.1 Å². The lowest BCUT2D eigenvalue weighted by Gasteiger charge is -2.27. The zero-order valence-corrected chi connectivity index (χ0v) is 13.6. The SMILES string of the molecule is CC(C)CN(CCC(C#N)NC(C)C)CCN(C)C. The van der Waals surface area contributed by atoms with Crippen molar-refractivity contribution in [1.82, 2.24) is 15.1 Å². The minimum Gasteiger partial charge on any atom is -0.308 e. The van der Waals surface area contributed by atoms with Gasteiger partial charge in [0, 0.05) is 32.2 Å². The quantitative estimate of drug-likeness (QED) is 0.656. The highest BCUT2D eigenvalue weighted by Crippen LogP contribution is 2.03. The lowest BCUT2D eigenvalue weighted by Crippen LogP contribution is -2.40. The van der Waals surface area contributed by atoms with Gasteiger partial charge in [0.1, 0.15) is 0 Å². The molecule has 0 aromatic heterocycles. The molecule has 0 aliphatic rings. The summed E-state index contributed by atoms with van der Waals surface area (Å²) in [5.74, 6) is 0.667. The van der Waals surface area contributed by atoms with Gasteiger partial charge in [0.2, 0.25) is 0 Å². The third-order valence-corrected chi connectivity index (χ3v) is 2.91.